The van der Waals surface area contributed by atoms with Gasteiger partial charge in [0.05, 0.1) is 5.02 Å². The molecule has 1 aliphatic rings. The quantitative estimate of drug-likeness (QED) is 0.803. The van der Waals surface area contributed by atoms with Gasteiger partial charge in [0.1, 0.15) is 4.90 Å². The summed E-state index contributed by atoms with van der Waals surface area (Å²) in [5.41, 5.74) is -0.254. The Labute approximate surface area is 131 Å². The summed E-state index contributed by atoms with van der Waals surface area (Å²) < 4.78 is 28.0. The van der Waals surface area contributed by atoms with Crippen LogP contribution in [0.15, 0.2) is 27.6 Å². The Bertz CT molecular complexity index is 604. The van der Waals surface area contributed by atoms with Crippen LogP contribution in [0.3, 0.4) is 0 Å². The summed E-state index contributed by atoms with van der Waals surface area (Å²) >= 11 is 15.3. The molecule has 2 rings (SSSR count). The maximum absolute atomic E-state index is 12.3. The molecule has 0 saturated heterocycles. The number of hydrogen-bond acceptors (Lipinski definition) is 2. The number of hydrogen-bond donors (Lipinski definition) is 1. The van der Waals surface area contributed by atoms with Crippen LogP contribution in [0.25, 0.3) is 0 Å². The lowest BCUT2D eigenvalue weighted by atomic mass is 9.67. The molecule has 1 saturated carbocycles. The zero-order valence-electron chi connectivity index (χ0n) is 10.5. The monoisotopic (exact) mass is 385 g/mol. The first-order valence-corrected chi connectivity index (χ1v) is 8.85. The minimum absolute atomic E-state index is 0.0133. The van der Waals surface area contributed by atoms with Gasteiger partial charge in [-0.15, -0.1) is 11.6 Å². The van der Waals surface area contributed by atoms with Crippen LogP contribution < -0.4 is 4.72 Å². The minimum Gasteiger partial charge on any atom is -0.207 e. The Morgan fingerprint density at radius 3 is 2.53 bits per heavy atom. The molecular weight excluding hydrogens is 373 g/mol. The molecule has 0 spiro atoms. The van der Waals surface area contributed by atoms with Gasteiger partial charge in [0.15, 0.2) is 0 Å². The van der Waals surface area contributed by atoms with Crippen LogP contribution in [-0.4, -0.2) is 19.8 Å². The van der Waals surface area contributed by atoms with E-state index in [-0.39, 0.29) is 26.8 Å². The van der Waals surface area contributed by atoms with E-state index in [0.717, 1.165) is 4.47 Å². The number of halogens is 3. The van der Waals surface area contributed by atoms with Crippen molar-refractivity contribution in [3.63, 3.8) is 0 Å². The fraction of sp³-hybridized carbons (Fsp3) is 0.500. The zero-order chi connectivity index (χ0) is 14.4. The lowest BCUT2D eigenvalue weighted by Gasteiger charge is -2.48. The van der Waals surface area contributed by atoms with Gasteiger partial charge in [0.25, 0.3) is 0 Å². The topological polar surface area (TPSA) is 46.2 Å². The molecule has 2 unspecified atom stereocenters. The Morgan fingerprint density at radius 1 is 1.42 bits per heavy atom. The Hall–Kier alpha value is 0.190. The molecule has 1 N–H and O–H groups in total. The number of benzene rings is 1. The summed E-state index contributed by atoms with van der Waals surface area (Å²) in [4.78, 5) is 0.0891. The molecule has 106 valence electrons. The van der Waals surface area contributed by atoms with Gasteiger partial charge in [0.2, 0.25) is 10.0 Å². The van der Waals surface area contributed by atoms with Crippen molar-refractivity contribution in [1.82, 2.24) is 4.72 Å². The zero-order valence-corrected chi connectivity index (χ0v) is 14.4. The normalized spacial score (nSPS) is 25.9. The summed E-state index contributed by atoms with van der Waals surface area (Å²) in [6, 6.07) is 4.53. The van der Waals surface area contributed by atoms with E-state index in [1.54, 1.807) is 12.1 Å². The van der Waals surface area contributed by atoms with Gasteiger partial charge in [-0.2, -0.15) is 0 Å². The molecule has 0 aliphatic heterocycles. The smallest absolute Gasteiger partial charge is 0.207 e. The van der Waals surface area contributed by atoms with E-state index in [4.69, 9.17) is 23.2 Å². The molecule has 1 aromatic carbocycles. The highest BCUT2D eigenvalue weighted by atomic mass is 79.9. The molecule has 0 radical (unpaired) electrons. The van der Waals surface area contributed by atoms with E-state index >= 15 is 0 Å². The fourth-order valence-corrected chi connectivity index (χ4v) is 4.79. The van der Waals surface area contributed by atoms with Crippen molar-refractivity contribution < 1.29 is 8.42 Å². The van der Waals surface area contributed by atoms with Crippen molar-refractivity contribution in [3.8, 4) is 0 Å². The van der Waals surface area contributed by atoms with Crippen LogP contribution in [0.5, 0.6) is 0 Å². The maximum atomic E-state index is 12.3. The molecule has 1 aliphatic carbocycles. The third-order valence-corrected chi connectivity index (χ3v) is 6.82. The molecule has 19 heavy (non-hydrogen) atoms. The molecular formula is C12H14BrCl2NO2S. The van der Waals surface area contributed by atoms with Crippen molar-refractivity contribution in [3.05, 3.63) is 27.7 Å². The average molecular weight is 387 g/mol. The standard InChI is InChI=1S/C12H14BrCl2NO2S/c1-12(2)10(15)6-11(12)16-19(17,18)9-4-3-7(13)5-8(9)14/h3-5,10-11,16H,6H2,1-2H3. The predicted octanol–water partition coefficient (Wildman–Crippen LogP) is 3.79. The van der Waals surface area contributed by atoms with Crippen molar-refractivity contribution in [2.75, 3.05) is 0 Å². The molecule has 1 aromatic rings. The highest BCUT2D eigenvalue weighted by Gasteiger charge is 2.48. The SMILES string of the molecule is CC1(C)C(Cl)CC1NS(=O)(=O)c1ccc(Br)cc1Cl. The van der Waals surface area contributed by atoms with Gasteiger partial charge < -0.3 is 0 Å². The molecule has 0 amide bonds. The lowest BCUT2D eigenvalue weighted by molar-refractivity contribution is 0.137. The molecule has 0 bridgehead atoms. The second kappa shape index (κ2) is 5.19. The first-order valence-electron chi connectivity index (χ1n) is 5.76. The molecule has 0 heterocycles. The first-order chi connectivity index (χ1) is 8.64. The number of nitrogens with one attached hydrogen (secondary N) is 1. The molecule has 0 aromatic heterocycles. The largest absolute Gasteiger partial charge is 0.242 e. The van der Waals surface area contributed by atoms with E-state index in [1.807, 2.05) is 13.8 Å². The number of alkyl halides is 1. The Balaban J connectivity index is 2.25. The van der Waals surface area contributed by atoms with Gasteiger partial charge in [-0.1, -0.05) is 41.4 Å². The number of sulfonamides is 1. The highest BCUT2D eigenvalue weighted by molar-refractivity contribution is 9.10. The fourth-order valence-electron chi connectivity index (χ4n) is 2.02. The van der Waals surface area contributed by atoms with Gasteiger partial charge in [-0.3, -0.25) is 0 Å². The lowest BCUT2D eigenvalue weighted by Crippen LogP contribution is -2.59. The molecule has 7 heteroatoms. The van der Waals surface area contributed by atoms with Crippen LogP contribution >= 0.6 is 39.1 Å². The van der Waals surface area contributed by atoms with Gasteiger partial charge in [-0.25, -0.2) is 13.1 Å². The third kappa shape index (κ3) is 2.95. The summed E-state index contributed by atoms with van der Waals surface area (Å²) in [5.74, 6) is 0. The van der Waals surface area contributed by atoms with Gasteiger partial charge in [-0.05, 0) is 30.0 Å². The summed E-state index contributed by atoms with van der Waals surface area (Å²) in [6.45, 7) is 3.90. The molecule has 3 nitrogen and oxygen atoms in total. The summed E-state index contributed by atoms with van der Waals surface area (Å²) in [6.07, 6.45) is 0.627. The van der Waals surface area contributed by atoms with Crippen LogP contribution in [-0.2, 0) is 10.0 Å². The van der Waals surface area contributed by atoms with Crippen molar-refractivity contribution in [1.29, 1.82) is 0 Å². The van der Waals surface area contributed by atoms with E-state index < -0.39 is 10.0 Å². The second-order valence-corrected chi connectivity index (χ2v) is 8.81. The summed E-state index contributed by atoms with van der Waals surface area (Å²) in [5, 5.41) is 0.182. The molecule has 2 atom stereocenters. The maximum Gasteiger partial charge on any atom is 0.242 e. The van der Waals surface area contributed by atoms with E-state index in [1.165, 1.54) is 6.07 Å². The first kappa shape index (κ1) is 15.6. The van der Waals surface area contributed by atoms with E-state index in [0.29, 0.717) is 6.42 Å². The Kier molecular flexibility index (Phi) is 4.25. The minimum atomic E-state index is -3.62. The second-order valence-electron chi connectivity index (χ2n) is 5.27. The van der Waals surface area contributed by atoms with Crippen LogP contribution in [0.4, 0.5) is 0 Å². The van der Waals surface area contributed by atoms with Crippen LogP contribution in [0, 0.1) is 5.41 Å². The van der Waals surface area contributed by atoms with E-state index in [2.05, 4.69) is 20.7 Å². The van der Waals surface area contributed by atoms with Crippen LogP contribution in [0.2, 0.25) is 5.02 Å². The van der Waals surface area contributed by atoms with Crippen molar-refractivity contribution in [2.24, 2.45) is 5.41 Å². The van der Waals surface area contributed by atoms with Gasteiger partial charge >= 0.3 is 0 Å². The van der Waals surface area contributed by atoms with E-state index in [9.17, 15) is 8.42 Å². The predicted molar refractivity (Wildman–Crippen MR) is 81.3 cm³/mol. The average Bonchev–Trinajstić information content (AvgIpc) is 2.27. The Morgan fingerprint density at radius 2 is 2.05 bits per heavy atom. The third-order valence-electron chi connectivity index (χ3n) is 3.63. The number of rotatable bonds is 3. The van der Waals surface area contributed by atoms with Gasteiger partial charge in [0, 0.05) is 15.9 Å². The summed E-state index contributed by atoms with van der Waals surface area (Å²) in [7, 11) is -3.62. The molecule has 1 fully saturated rings. The highest BCUT2D eigenvalue weighted by Crippen LogP contribution is 2.45. The van der Waals surface area contributed by atoms with Crippen LogP contribution in [0.1, 0.15) is 20.3 Å². The van der Waals surface area contributed by atoms with Crippen molar-refractivity contribution in [2.45, 2.75) is 36.6 Å². The van der Waals surface area contributed by atoms with Crippen molar-refractivity contribution >= 4 is 49.2 Å².